The highest BCUT2D eigenvalue weighted by molar-refractivity contribution is 7.12. The predicted octanol–water partition coefficient (Wildman–Crippen LogP) is 3.80. The second-order valence-electron chi connectivity index (χ2n) is 10.4. The number of primary amides is 1. The Labute approximate surface area is 237 Å². The maximum atomic E-state index is 12.7. The number of hydrogen-bond acceptors (Lipinski definition) is 7. The molecule has 0 radical (unpaired) electrons. The van der Waals surface area contributed by atoms with Crippen LogP contribution in [0.1, 0.15) is 50.1 Å². The fourth-order valence-corrected chi connectivity index (χ4v) is 6.84. The number of nitrogens with two attached hydrogens (primary N) is 1. The summed E-state index contributed by atoms with van der Waals surface area (Å²) in [6.07, 6.45) is -2.65. The summed E-state index contributed by atoms with van der Waals surface area (Å²) < 4.78 is 6.50. The molecule has 5 N–H and O–H groups in total. The first-order valence-electron chi connectivity index (χ1n) is 13.4. The molecule has 5 atom stereocenters. The van der Waals surface area contributed by atoms with Crippen molar-refractivity contribution in [3.63, 3.8) is 0 Å². The zero-order valence-electron chi connectivity index (χ0n) is 22.3. The van der Waals surface area contributed by atoms with Crippen LogP contribution in [0.3, 0.4) is 0 Å². The number of aliphatic hydroxyl groups is 3. The first-order valence-corrected chi connectivity index (χ1v) is 14.3. The lowest BCUT2D eigenvalue weighted by Crippen LogP contribution is -2.62. The van der Waals surface area contributed by atoms with Gasteiger partial charge in [0, 0.05) is 24.1 Å². The fraction of sp³-hybridized carbons (Fsp3) is 0.312. The number of thiazole rings is 1. The van der Waals surface area contributed by atoms with Gasteiger partial charge in [0.25, 0.3) is 5.91 Å². The van der Waals surface area contributed by atoms with Gasteiger partial charge >= 0.3 is 0 Å². The van der Waals surface area contributed by atoms with Crippen LogP contribution in [0.4, 0.5) is 0 Å². The van der Waals surface area contributed by atoms with Crippen molar-refractivity contribution in [1.82, 2.24) is 4.98 Å². The van der Waals surface area contributed by atoms with Crippen LogP contribution in [0.5, 0.6) is 0 Å². The van der Waals surface area contributed by atoms with E-state index >= 15 is 0 Å². The molecule has 7 nitrogen and oxygen atoms in total. The number of nitrogens with zero attached hydrogens (tertiary/aromatic N) is 1. The number of benzene rings is 3. The van der Waals surface area contributed by atoms with E-state index in [0.717, 1.165) is 16.7 Å². The van der Waals surface area contributed by atoms with Crippen molar-refractivity contribution in [1.29, 1.82) is 0 Å². The van der Waals surface area contributed by atoms with E-state index in [9.17, 15) is 20.1 Å². The standard InChI is InChI=1S/C32H34N2O5S/c1-2-25-26(29(33)36)34-30(40-25)28-32(38,20-23-16-10-5-11-17-23)31(37,19-22-14-8-4-9-15-22)27(39-28)24(35)18-21-12-6-3-7-13-21/h3-17,24,27-28,35,37-38H,2,18-20H2,1H3,(H2,33,36)/t24?,27-,28+,31-,32+/m1/s1. The lowest BCUT2D eigenvalue weighted by atomic mass is 9.70. The first-order chi connectivity index (χ1) is 19.2. The van der Waals surface area contributed by atoms with E-state index in [0.29, 0.717) is 16.3 Å². The van der Waals surface area contributed by atoms with E-state index < -0.39 is 35.4 Å². The van der Waals surface area contributed by atoms with Gasteiger partial charge in [0.1, 0.15) is 34.1 Å². The molecule has 0 bridgehead atoms. The van der Waals surface area contributed by atoms with E-state index in [2.05, 4.69) is 4.98 Å². The lowest BCUT2D eigenvalue weighted by molar-refractivity contribution is -0.156. The van der Waals surface area contributed by atoms with Gasteiger partial charge in [-0.25, -0.2) is 4.98 Å². The minimum atomic E-state index is -1.92. The van der Waals surface area contributed by atoms with Gasteiger partial charge in [-0.05, 0) is 23.1 Å². The van der Waals surface area contributed by atoms with Gasteiger partial charge in [-0.2, -0.15) is 0 Å². The van der Waals surface area contributed by atoms with Gasteiger partial charge in [-0.3, -0.25) is 4.79 Å². The quantitative estimate of drug-likeness (QED) is 0.235. The number of carbonyl (C=O) groups is 1. The third kappa shape index (κ3) is 5.33. The van der Waals surface area contributed by atoms with Crippen LogP contribution in [0.15, 0.2) is 91.0 Å². The van der Waals surface area contributed by atoms with Gasteiger partial charge in [-0.1, -0.05) is 97.9 Å². The molecule has 0 aliphatic carbocycles. The summed E-state index contributed by atoms with van der Waals surface area (Å²) >= 11 is 1.23. The molecule has 3 aromatic carbocycles. The number of hydrogen-bond donors (Lipinski definition) is 4. The van der Waals surface area contributed by atoms with E-state index in [1.54, 1.807) is 0 Å². The third-order valence-electron chi connectivity index (χ3n) is 7.70. The Kier molecular flexibility index (Phi) is 8.16. The second kappa shape index (κ2) is 11.6. The summed E-state index contributed by atoms with van der Waals surface area (Å²) in [7, 11) is 0. The van der Waals surface area contributed by atoms with Gasteiger partial charge < -0.3 is 25.8 Å². The first kappa shape index (κ1) is 28.1. The number of ether oxygens (including phenoxy) is 1. The molecule has 0 spiro atoms. The summed E-state index contributed by atoms with van der Waals surface area (Å²) in [6.45, 7) is 1.90. The summed E-state index contributed by atoms with van der Waals surface area (Å²) in [6, 6.07) is 28.2. The molecule has 1 saturated heterocycles. The molecule has 40 heavy (non-hydrogen) atoms. The van der Waals surface area contributed by atoms with Crippen LogP contribution >= 0.6 is 11.3 Å². The SMILES string of the molecule is CCc1sc([C@@H]2O[C@H](C(O)Cc3ccccc3)[C@](O)(Cc3ccccc3)[C@]2(O)Cc2ccccc2)nc1C(N)=O. The van der Waals surface area contributed by atoms with Crippen molar-refractivity contribution in [2.75, 3.05) is 0 Å². The predicted molar refractivity (Wildman–Crippen MR) is 154 cm³/mol. The molecular weight excluding hydrogens is 524 g/mol. The Hall–Kier alpha value is -3.40. The van der Waals surface area contributed by atoms with Gasteiger partial charge in [-0.15, -0.1) is 11.3 Å². The van der Waals surface area contributed by atoms with Crippen LogP contribution in [0.25, 0.3) is 0 Å². The Morgan fingerprint density at radius 1 is 0.900 bits per heavy atom. The maximum Gasteiger partial charge on any atom is 0.268 e. The van der Waals surface area contributed by atoms with Crippen LogP contribution < -0.4 is 5.73 Å². The number of aliphatic hydroxyl groups excluding tert-OH is 1. The maximum absolute atomic E-state index is 12.7. The van der Waals surface area contributed by atoms with E-state index in [1.165, 1.54) is 11.3 Å². The third-order valence-corrected chi connectivity index (χ3v) is 8.94. The molecule has 1 aliphatic heterocycles. The molecule has 1 unspecified atom stereocenters. The van der Waals surface area contributed by atoms with Crippen molar-refractivity contribution in [2.45, 2.75) is 62.1 Å². The fourth-order valence-electron chi connectivity index (χ4n) is 5.71. The molecule has 1 amide bonds. The van der Waals surface area contributed by atoms with Crippen LogP contribution in [-0.4, -0.2) is 49.6 Å². The number of aromatic nitrogens is 1. The minimum absolute atomic E-state index is 0.0267. The normalized spacial score (nSPS) is 25.1. The number of aryl methyl sites for hydroxylation is 1. The molecule has 208 valence electrons. The van der Waals surface area contributed by atoms with Crippen molar-refractivity contribution in [2.24, 2.45) is 5.73 Å². The van der Waals surface area contributed by atoms with Crippen LogP contribution in [-0.2, 0) is 30.4 Å². The average molecular weight is 559 g/mol. The molecule has 0 saturated carbocycles. The van der Waals surface area contributed by atoms with E-state index in [1.807, 2.05) is 97.9 Å². The Bertz CT molecular complexity index is 1430. The summed E-state index contributed by atoms with van der Waals surface area (Å²) in [4.78, 5) is 17.4. The van der Waals surface area contributed by atoms with E-state index in [4.69, 9.17) is 10.5 Å². The largest absolute Gasteiger partial charge is 0.390 e. The van der Waals surface area contributed by atoms with Crippen molar-refractivity contribution >= 4 is 17.2 Å². The Balaban J connectivity index is 1.65. The Morgan fingerprint density at radius 3 is 1.88 bits per heavy atom. The zero-order valence-corrected chi connectivity index (χ0v) is 23.1. The molecule has 1 aliphatic rings. The molecule has 4 aromatic rings. The monoisotopic (exact) mass is 558 g/mol. The second-order valence-corrected chi connectivity index (χ2v) is 11.5. The van der Waals surface area contributed by atoms with Gasteiger partial charge in [0.2, 0.25) is 0 Å². The molecule has 1 fully saturated rings. The van der Waals surface area contributed by atoms with Crippen molar-refractivity contribution in [3.8, 4) is 0 Å². The minimum Gasteiger partial charge on any atom is -0.390 e. The lowest BCUT2D eigenvalue weighted by Gasteiger charge is -2.42. The van der Waals surface area contributed by atoms with Crippen LogP contribution in [0.2, 0.25) is 0 Å². The summed E-state index contributed by atoms with van der Waals surface area (Å²) in [5, 5.41) is 37.3. The number of amides is 1. The number of rotatable bonds is 10. The van der Waals surface area contributed by atoms with Gasteiger partial charge in [0.05, 0.1) is 6.10 Å². The molecule has 2 heterocycles. The van der Waals surface area contributed by atoms with Crippen molar-refractivity contribution < 1.29 is 24.9 Å². The highest BCUT2D eigenvalue weighted by Gasteiger charge is 2.67. The topological polar surface area (TPSA) is 126 Å². The molecule has 1 aromatic heterocycles. The number of carbonyl (C=O) groups excluding carboxylic acids is 1. The van der Waals surface area contributed by atoms with Gasteiger partial charge in [0.15, 0.2) is 0 Å². The van der Waals surface area contributed by atoms with Crippen molar-refractivity contribution in [3.05, 3.63) is 123 Å². The smallest absolute Gasteiger partial charge is 0.268 e. The summed E-state index contributed by atoms with van der Waals surface area (Å²) in [5.41, 5.74) is 4.35. The molecule has 5 rings (SSSR count). The zero-order chi connectivity index (χ0) is 28.3. The molecule has 8 heteroatoms. The van der Waals surface area contributed by atoms with Crippen LogP contribution in [0, 0.1) is 0 Å². The average Bonchev–Trinajstić information content (AvgIpc) is 3.47. The molecular formula is C32H34N2O5S. The van der Waals surface area contributed by atoms with E-state index in [-0.39, 0.29) is 25.0 Å². The Morgan fingerprint density at radius 2 is 1.40 bits per heavy atom. The highest BCUT2D eigenvalue weighted by Crippen LogP contribution is 2.53. The highest BCUT2D eigenvalue weighted by atomic mass is 32.1. The summed E-state index contributed by atoms with van der Waals surface area (Å²) in [5.74, 6) is -0.663.